The maximum absolute atomic E-state index is 11.4. The highest BCUT2D eigenvalue weighted by Gasteiger charge is 2.12. The molecule has 0 aliphatic carbocycles. The molecule has 24 heavy (non-hydrogen) atoms. The molecule has 0 saturated heterocycles. The van der Waals surface area contributed by atoms with Crippen LogP contribution in [0, 0.1) is 0 Å². The Hall–Kier alpha value is -2.60. The van der Waals surface area contributed by atoms with Gasteiger partial charge in [0.1, 0.15) is 12.2 Å². The first kappa shape index (κ1) is 17.7. The van der Waals surface area contributed by atoms with Crippen LogP contribution in [-0.2, 0) is 16.0 Å². The number of fused-ring (bicyclic) bond motifs is 1. The molecule has 2 N–H and O–H groups in total. The molecule has 128 valence electrons. The molecule has 6 nitrogen and oxygen atoms in total. The maximum atomic E-state index is 11.4. The van der Waals surface area contributed by atoms with Crippen molar-refractivity contribution in [1.29, 1.82) is 0 Å². The molecule has 0 bridgehead atoms. The smallest absolute Gasteiger partial charge is 0.322 e. The van der Waals surface area contributed by atoms with Crippen LogP contribution in [-0.4, -0.2) is 46.6 Å². The zero-order valence-electron chi connectivity index (χ0n) is 13.7. The molecule has 0 fully saturated rings. The van der Waals surface area contributed by atoms with Gasteiger partial charge in [0, 0.05) is 36.3 Å². The molecule has 1 heterocycles. The summed E-state index contributed by atoms with van der Waals surface area (Å²) in [6, 6.07) is 5.27. The van der Waals surface area contributed by atoms with Crippen molar-refractivity contribution in [3.05, 3.63) is 42.6 Å². The number of carboxylic acids is 1. The lowest BCUT2D eigenvalue weighted by atomic mass is 10.1. The molecule has 1 aromatic heterocycles. The number of hydrogen-bond donors (Lipinski definition) is 2. The highest BCUT2D eigenvalue weighted by Crippen LogP contribution is 2.24. The number of likely N-dealkylation sites (N-methyl/N-ethyl adjacent to an activating group) is 1. The minimum absolute atomic E-state index is 0.337. The summed E-state index contributed by atoms with van der Waals surface area (Å²) in [7, 11) is 0. The summed E-state index contributed by atoms with van der Waals surface area (Å²) in [5, 5.41) is 9.65. The number of carbonyl (C=O) groups is 2. The highest BCUT2D eigenvalue weighted by atomic mass is 16.5. The van der Waals surface area contributed by atoms with Gasteiger partial charge in [-0.25, -0.2) is 0 Å². The molecular formula is C18H22N2O4. The fraction of sp³-hybridized carbons (Fsp3) is 0.333. The predicted octanol–water partition coefficient (Wildman–Crippen LogP) is 2.60. The molecule has 2 rings (SSSR count). The minimum Gasteiger partial charge on any atom is -0.481 e. The molecule has 0 spiro atoms. The third-order valence-corrected chi connectivity index (χ3v) is 3.80. The second-order valence-electron chi connectivity index (χ2n) is 5.50. The number of aromatic nitrogens is 1. The van der Waals surface area contributed by atoms with Gasteiger partial charge in [-0.05, 0) is 30.7 Å². The number of aromatic amines is 1. The summed E-state index contributed by atoms with van der Waals surface area (Å²) in [6.07, 6.45) is 4.11. The number of nitrogens with zero attached hydrogens (tertiary/aromatic N) is 1. The Morgan fingerprint density at radius 3 is 2.88 bits per heavy atom. The Bertz CT molecular complexity index is 736. The second kappa shape index (κ2) is 8.31. The first-order valence-corrected chi connectivity index (χ1v) is 7.89. The largest absolute Gasteiger partial charge is 0.481 e. The lowest BCUT2D eigenvalue weighted by molar-refractivity contribution is -0.145. The normalized spacial score (nSPS) is 10.9. The Balaban J connectivity index is 2.06. The van der Waals surface area contributed by atoms with E-state index in [1.165, 1.54) is 5.56 Å². The number of rotatable bonds is 9. The monoisotopic (exact) mass is 330 g/mol. The number of carbonyl (C=O) groups excluding carboxylic acids is 1. The number of hydrogen-bond acceptors (Lipinski definition) is 4. The summed E-state index contributed by atoms with van der Waals surface area (Å²) in [5.41, 5.74) is 2.05. The van der Waals surface area contributed by atoms with Crippen LogP contribution in [0.15, 0.2) is 37.1 Å². The topological polar surface area (TPSA) is 82.6 Å². The molecule has 0 aliphatic heterocycles. The van der Waals surface area contributed by atoms with E-state index in [2.05, 4.69) is 23.4 Å². The molecule has 0 saturated carbocycles. The van der Waals surface area contributed by atoms with Gasteiger partial charge in [-0.15, -0.1) is 6.58 Å². The molecule has 0 unspecified atom stereocenters. The van der Waals surface area contributed by atoms with Gasteiger partial charge in [0.25, 0.3) is 0 Å². The summed E-state index contributed by atoms with van der Waals surface area (Å²) in [4.78, 5) is 27.4. The minimum atomic E-state index is -1.21. The predicted molar refractivity (Wildman–Crippen MR) is 92.2 cm³/mol. The molecule has 2 aromatic rings. The molecule has 1 aromatic carbocycles. The molecular weight excluding hydrogens is 308 g/mol. The fourth-order valence-electron chi connectivity index (χ4n) is 2.57. The van der Waals surface area contributed by atoms with Crippen LogP contribution in [0.25, 0.3) is 10.9 Å². The van der Waals surface area contributed by atoms with Crippen molar-refractivity contribution in [3.8, 4) is 5.75 Å². The average Bonchev–Trinajstić information content (AvgIpc) is 2.93. The van der Waals surface area contributed by atoms with Crippen molar-refractivity contribution in [1.82, 2.24) is 9.88 Å². The quantitative estimate of drug-likeness (QED) is 0.320. The number of esters is 1. The van der Waals surface area contributed by atoms with Crippen molar-refractivity contribution in [2.24, 2.45) is 0 Å². The van der Waals surface area contributed by atoms with E-state index in [0.717, 1.165) is 37.0 Å². The first-order chi connectivity index (χ1) is 11.5. The van der Waals surface area contributed by atoms with E-state index in [1.807, 2.05) is 18.3 Å². The first-order valence-electron chi connectivity index (χ1n) is 7.89. The zero-order valence-corrected chi connectivity index (χ0v) is 13.7. The maximum Gasteiger partial charge on any atom is 0.322 e. The Morgan fingerprint density at radius 2 is 2.21 bits per heavy atom. The number of carboxylic acid groups (broad SMARTS) is 1. The van der Waals surface area contributed by atoms with Crippen LogP contribution >= 0.6 is 0 Å². The van der Waals surface area contributed by atoms with E-state index < -0.39 is 18.4 Å². The SMILES string of the molecule is C=CCN(CC)CCc1c[nH]c2cc(OC(=O)CC(=O)O)ccc12. The Kier molecular flexibility index (Phi) is 6.14. The number of H-pyrrole nitrogens is 1. The van der Waals surface area contributed by atoms with E-state index in [4.69, 9.17) is 9.84 Å². The third-order valence-electron chi connectivity index (χ3n) is 3.80. The zero-order chi connectivity index (χ0) is 17.5. The number of ether oxygens (including phenoxy) is 1. The summed E-state index contributed by atoms with van der Waals surface area (Å²) >= 11 is 0. The van der Waals surface area contributed by atoms with Crippen molar-refractivity contribution < 1.29 is 19.4 Å². The highest BCUT2D eigenvalue weighted by molar-refractivity contribution is 5.92. The van der Waals surface area contributed by atoms with E-state index in [-0.39, 0.29) is 0 Å². The van der Waals surface area contributed by atoms with Crippen LogP contribution in [0.2, 0.25) is 0 Å². The van der Waals surface area contributed by atoms with E-state index in [1.54, 1.807) is 12.1 Å². The third kappa shape index (κ3) is 4.70. The lowest BCUT2D eigenvalue weighted by Gasteiger charge is -2.17. The average molecular weight is 330 g/mol. The fourth-order valence-corrected chi connectivity index (χ4v) is 2.57. The molecule has 0 aliphatic rings. The van der Waals surface area contributed by atoms with Gasteiger partial charge >= 0.3 is 11.9 Å². The van der Waals surface area contributed by atoms with Crippen molar-refractivity contribution >= 4 is 22.8 Å². The molecule has 0 atom stereocenters. The Labute approximate surface area is 140 Å². The number of benzene rings is 1. The van der Waals surface area contributed by atoms with Crippen LogP contribution in [0.5, 0.6) is 5.75 Å². The van der Waals surface area contributed by atoms with E-state index >= 15 is 0 Å². The van der Waals surface area contributed by atoms with Crippen LogP contribution < -0.4 is 4.74 Å². The number of aliphatic carboxylic acids is 1. The van der Waals surface area contributed by atoms with Gasteiger partial charge in [-0.3, -0.25) is 14.5 Å². The number of nitrogens with one attached hydrogen (secondary N) is 1. The van der Waals surface area contributed by atoms with Crippen molar-refractivity contribution in [2.45, 2.75) is 19.8 Å². The molecule has 0 amide bonds. The summed E-state index contributed by atoms with van der Waals surface area (Å²) in [6.45, 7) is 8.66. The molecule has 0 radical (unpaired) electrons. The van der Waals surface area contributed by atoms with Crippen LogP contribution in [0.1, 0.15) is 18.9 Å². The van der Waals surface area contributed by atoms with Gasteiger partial charge in [-0.2, -0.15) is 0 Å². The Morgan fingerprint density at radius 1 is 1.42 bits per heavy atom. The second-order valence-corrected chi connectivity index (χ2v) is 5.50. The lowest BCUT2D eigenvalue weighted by Crippen LogP contribution is -2.25. The van der Waals surface area contributed by atoms with E-state index in [0.29, 0.717) is 5.75 Å². The van der Waals surface area contributed by atoms with E-state index in [9.17, 15) is 9.59 Å². The van der Waals surface area contributed by atoms with Crippen LogP contribution in [0.3, 0.4) is 0 Å². The van der Waals surface area contributed by atoms with Gasteiger partial charge in [-0.1, -0.05) is 13.0 Å². The van der Waals surface area contributed by atoms with Gasteiger partial charge in [0.15, 0.2) is 0 Å². The molecule has 6 heteroatoms. The van der Waals surface area contributed by atoms with Gasteiger partial charge < -0.3 is 14.8 Å². The van der Waals surface area contributed by atoms with Gasteiger partial charge in [0.2, 0.25) is 0 Å². The van der Waals surface area contributed by atoms with Crippen molar-refractivity contribution in [3.63, 3.8) is 0 Å². The summed E-state index contributed by atoms with van der Waals surface area (Å²) in [5.74, 6) is -1.65. The standard InChI is InChI=1S/C18H22N2O4/c1-3-8-20(4-2)9-7-13-12-19-16-10-14(5-6-15(13)16)24-18(23)11-17(21)22/h3,5-6,10,12,19H,1,4,7-9,11H2,2H3,(H,21,22). The summed E-state index contributed by atoms with van der Waals surface area (Å²) < 4.78 is 5.03. The van der Waals surface area contributed by atoms with Crippen molar-refractivity contribution in [2.75, 3.05) is 19.6 Å². The van der Waals surface area contributed by atoms with Crippen LogP contribution in [0.4, 0.5) is 0 Å². The van der Waals surface area contributed by atoms with Gasteiger partial charge in [0.05, 0.1) is 0 Å².